The Labute approximate surface area is 160 Å². The van der Waals surface area contributed by atoms with Gasteiger partial charge in [0, 0.05) is 10.7 Å². The van der Waals surface area contributed by atoms with Gasteiger partial charge in [0.05, 0.1) is 5.56 Å². The van der Waals surface area contributed by atoms with Gasteiger partial charge in [0.1, 0.15) is 11.9 Å². The largest absolute Gasteiger partial charge is 0.418 e. The molecule has 0 aliphatic heterocycles. The Balaban J connectivity index is 1.71. The van der Waals surface area contributed by atoms with Crippen molar-refractivity contribution in [2.75, 3.05) is 5.32 Å². The molecule has 0 aliphatic carbocycles. The lowest BCUT2D eigenvalue weighted by Crippen LogP contribution is -2.12. The van der Waals surface area contributed by atoms with Crippen LogP contribution < -0.4 is 5.32 Å². The summed E-state index contributed by atoms with van der Waals surface area (Å²) in [5.74, 6) is 0.0750. The summed E-state index contributed by atoms with van der Waals surface area (Å²) in [6.45, 7) is 0. The minimum Gasteiger partial charge on any atom is -0.418 e. The second kappa shape index (κ2) is 7.60. The topological polar surface area (TPSA) is 51.0 Å². The van der Waals surface area contributed by atoms with Crippen LogP contribution in [0, 0.1) is 5.82 Å². The molecule has 4 aromatic rings. The SMILES string of the molecule is Fc1ccccc1-c1nnc(C(Nc2ccc(Cl)cc2)c2ccccc2)o1. The molecule has 0 saturated heterocycles. The van der Waals surface area contributed by atoms with E-state index in [2.05, 4.69) is 15.5 Å². The molecular weight excluding hydrogens is 365 g/mol. The fourth-order valence-corrected chi connectivity index (χ4v) is 2.87. The van der Waals surface area contributed by atoms with Gasteiger partial charge in [-0.1, -0.05) is 54.1 Å². The van der Waals surface area contributed by atoms with Crippen molar-refractivity contribution in [2.24, 2.45) is 0 Å². The molecule has 1 heterocycles. The molecule has 1 aromatic heterocycles. The maximum Gasteiger partial charge on any atom is 0.250 e. The summed E-state index contributed by atoms with van der Waals surface area (Å²) in [5.41, 5.74) is 2.06. The average molecular weight is 380 g/mol. The zero-order chi connectivity index (χ0) is 18.6. The number of halogens is 2. The van der Waals surface area contributed by atoms with E-state index in [1.165, 1.54) is 6.07 Å². The fourth-order valence-electron chi connectivity index (χ4n) is 2.74. The van der Waals surface area contributed by atoms with Crippen LogP contribution in [0.2, 0.25) is 5.02 Å². The number of benzene rings is 3. The smallest absolute Gasteiger partial charge is 0.250 e. The Bertz CT molecular complexity index is 1030. The van der Waals surface area contributed by atoms with Gasteiger partial charge in [-0.25, -0.2) is 4.39 Å². The van der Waals surface area contributed by atoms with Crippen LogP contribution in [0.3, 0.4) is 0 Å². The first-order valence-corrected chi connectivity index (χ1v) is 8.74. The fraction of sp³-hybridized carbons (Fsp3) is 0.0476. The van der Waals surface area contributed by atoms with Gasteiger partial charge >= 0.3 is 0 Å². The third-order valence-electron chi connectivity index (χ3n) is 4.08. The lowest BCUT2D eigenvalue weighted by molar-refractivity contribution is 0.490. The van der Waals surface area contributed by atoms with Gasteiger partial charge in [0.25, 0.3) is 5.89 Å². The summed E-state index contributed by atoms with van der Waals surface area (Å²) in [5, 5.41) is 12.2. The lowest BCUT2D eigenvalue weighted by atomic mass is 10.1. The van der Waals surface area contributed by atoms with Gasteiger partial charge in [-0.2, -0.15) is 0 Å². The van der Waals surface area contributed by atoms with Crippen molar-refractivity contribution in [2.45, 2.75) is 6.04 Å². The Hall–Kier alpha value is -3.18. The molecule has 0 spiro atoms. The highest BCUT2D eigenvalue weighted by molar-refractivity contribution is 6.30. The third-order valence-corrected chi connectivity index (χ3v) is 4.33. The molecule has 6 heteroatoms. The van der Waals surface area contributed by atoms with E-state index in [1.807, 2.05) is 42.5 Å². The normalized spacial score (nSPS) is 11.9. The summed E-state index contributed by atoms with van der Waals surface area (Å²) in [6.07, 6.45) is 0. The number of nitrogens with zero attached hydrogens (tertiary/aromatic N) is 2. The van der Waals surface area contributed by atoms with E-state index in [0.717, 1.165) is 11.3 Å². The van der Waals surface area contributed by atoms with Gasteiger partial charge in [-0.15, -0.1) is 10.2 Å². The number of nitrogens with one attached hydrogen (secondary N) is 1. The highest BCUT2D eigenvalue weighted by Gasteiger charge is 2.22. The monoisotopic (exact) mass is 379 g/mol. The Morgan fingerprint density at radius 3 is 2.30 bits per heavy atom. The first-order valence-electron chi connectivity index (χ1n) is 8.36. The van der Waals surface area contributed by atoms with Crippen molar-refractivity contribution >= 4 is 17.3 Å². The van der Waals surface area contributed by atoms with Crippen molar-refractivity contribution in [1.29, 1.82) is 0 Å². The quantitative estimate of drug-likeness (QED) is 0.481. The van der Waals surface area contributed by atoms with Crippen molar-refractivity contribution in [3.63, 3.8) is 0 Å². The molecule has 4 rings (SSSR count). The molecule has 3 aromatic carbocycles. The summed E-state index contributed by atoms with van der Waals surface area (Å²) in [6, 6.07) is 23.0. The number of hydrogen-bond donors (Lipinski definition) is 1. The summed E-state index contributed by atoms with van der Waals surface area (Å²) < 4.78 is 19.8. The first kappa shape index (κ1) is 17.2. The van der Waals surface area contributed by atoms with Crippen molar-refractivity contribution in [1.82, 2.24) is 10.2 Å². The minimum atomic E-state index is -0.408. The van der Waals surface area contributed by atoms with Crippen LogP contribution >= 0.6 is 11.6 Å². The van der Waals surface area contributed by atoms with Crippen LogP contribution in [0.5, 0.6) is 0 Å². The Kier molecular flexibility index (Phi) is 4.85. The van der Waals surface area contributed by atoms with Crippen molar-refractivity contribution in [3.8, 4) is 11.5 Å². The van der Waals surface area contributed by atoms with Crippen LogP contribution in [0.1, 0.15) is 17.5 Å². The first-order chi connectivity index (χ1) is 13.2. The molecule has 0 aliphatic rings. The molecule has 0 amide bonds. The minimum absolute atomic E-state index is 0.141. The average Bonchev–Trinajstić information content (AvgIpc) is 3.18. The summed E-state index contributed by atoms with van der Waals surface area (Å²) in [7, 11) is 0. The molecule has 0 bridgehead atoms. The van der Waals surface area contributed by atoms with Gasteiger partial charge in [-0.05, 0) is 42.0 Å². The standard InChI is InChI=1S/C21H15ClFN3O/c22-15-10-12-16(13-11-15)24-19(14-6-2-1-3-7-14)21-26-25-20(27-21)17-8-4-5-9-18(17)23/h1-13,19,24H. The summed E-state index contributed by atoms with van der Waals surface area (Å²) >= 11 is 5.96. The predicted molar refractivity (Wildman–Crippen MR) is 103 cm³/mol. The maximum absolute atomic E-state index is 14.0. The van der Waals surface area contributed by atoms with E-state index >= 15 is 0 Å². The molecule has 1 N–H and O–H groups in total. The number of anilines is 1. The van der Waals surface area contributed by atoms with E-state index in [-0.39, 0.29) is 17.5 Å². The van der Waals surface area contributed by atoms with E-state index < -0.39 is 5.82 Å². The van der Waals surface area contributed by atoms with E-state index in [4.69, 9.17) is 16.0 Å². The third kappa shape index (κ3) is 3.83. The number of hydrogen-bond acceptors (Lipinski definition) is 4. The highest BCUT2D eigenvalue weighted by Crippen LogP contribution is 2.29. The van der Waals surface area contributed by atoms with Gasteiger partial charge in [0.2, 0.25) is 5.89 Å². The van der Waals surface area contributed by atoms with Crippen LogP contribution in [-0.2, 0) is 0 Å². The molecule has 4 nitrogen and oxygen atoms in total. The van der Waals surface area contributed by atoms with Gasteiger partial charge in [-0.3, -0.25) is 0 Å². The zero-order valence-electron chi connectivity index (χ0n) is 14.1. The summed E-state index contributed by atoms with van der Waals surface area (Å²) in [4.78, 5) is 0. The molecule has 1 atom stereocenters. The number of aromatic nitrogens is 2. The second-order valence-corrected chi connectivity index (χ2v) is 6.36. The lowest BCUT2D eigenvalue weighted by Gasteiger charge is -2.17. The van der Waals surface area contributed by atoms with Crippen molar-refractivity contribution < 1.29 is 8.81 Å². The number of rotatable bonds is 5. The van der Waals surface area contributed by atoms with E-state index in [9.17, 15) is 4.39 Å². The molecule has 134 valence electrons. The molecule has 1 unspecified atom stereocenters. The molecule has 0 radical (unpaired) electrons. The maximum atomic E-state index is 14.0. The highest BCUT2D eigenvalue weighted by atomic mass is 35.5. The van der Waals surface area contributed by atoms with E-state index in [0.29, 0.717) is 10.9 Å². The van der Waals surface area contributed by atoms with Crippen LogP contribution in [0.15, 0.2) is 83.3 Å². The van der Waals surface area contributed by atoms with Gasteiger partial charge < -0.3 is 9.73 Å². The Morgan fingerprint density at radius 2 is 1.56 bits per heavy atom. The molecule has 0 saturated carbocycles. The van der Waals surface area contributed by atoms with Crippen LogP contribution in [-0.4, -0.2) is 10.2 Å². The van der Waals surface area contributed by atoms with Crippen molar-refractivity contribution in [3.05, 3.63) is 101 Å². The predicted octanol–water partition coefficient (Wildman–Crippen LogP) is 5.73. The second-order valence-electron chi connectivity index (χ2n) is 5.92. The van der Waals surface area contributed by atoms with E-state index in [1.54, 1.807) is 30.3 Å². The molecule has 27 heavy (non-hydrogen) atoms. The van der Waals surface area contributed by atoms with Crippen LogP contribution in [0.4, 0.5) is 10.1 Å². The molecule has 0 fully saturated rings. The zero-order valence-corrected chi connectivity index (χ0v) is 14.9. The molecular formula is C21H15ClFN3O. The van der Waals surface area contributed by atoms with Crippen LogP contribution in [0.25, 0.3) is 11.5 Å². The Morgan fingerprint density at radius 1 is 0.852 bits per heavy atom. The van der Waals surface area contributed by atoms with Gasteiger partial charge in [0.15, 0.2) is 0 Å².